The molecule has 0 radical (unpaired) electrons. The van der Waals surface area contributed by atoms with Gasteiger partial charge in [-0.2, -0.15) is 0 Å². The van der Waals surface area contributed by atoms with Gasteiger partial charge < -0.3 is 10.4 Å². The van der Waals surface area contributed by atoms with Crippen molar-refractivity contribution in [1.82, 2.24) is 5.32 Å². The summed E-state index contributed by atoms with van der Waals surface area (Å²) in [5.41, 5.74) is -0.285. The van der Waals surface area contributed by atoms with E-state index < -0.39 is 17.5 Å². The van der Waals surface area contributed by atoms with Gasteiger partial charge in [0.2, 0.25) is 0 Å². The summed E-state index contributed by atoms with van der Waals surface area (Å²) in [7, 11) is 0. The molecule has 1 rings (SSSR count). The van der Waals surface area contributed by atoms with Gasteiger partial charge in [0.25, 0.3) is 5.91 Å². The van der Waals surface area contributed by atoms with E-state index in [1.165, 1.54) is 12.1 Å². The van der Waals surface area contributed by atoms with Crippen molar-refractivity contribution in [3.63, 3.8) is 0 Å². The summed E-state index contributed by atoms with van der Waals surface area (Å²) < 4.78 is 26.1. The summed E-state index contributed by atoms with van der Waals surface area (Å²) >= 11 is 0. The average Bonchev–Trinajstić information content (AvgIpc) is 2.32. The lowest BCUT2D eigenvalue weighted by molar-refractivity contribution is 0.0948. The highest BCUT2D eigenvalue weighted by atomic mass is 19.2. The van der Waals surface area contributed by atoms with Crippen molar-refractivity contribution in [2.45, 2.75) is 19.3 Å². The number of amides is 1. The van der Waals surface area contributed by atoms with E-state index in [4.69, 9.17) is 5.11 Å². The van der Waals surface area contributed by atoms with Crippen LogP contribution in [-0.2, 0) is 0 Å². The summed E-state index contributed by atoms with van der Waals surface area (Å²) in [6.07, 6.45) is 2.15. The molecule has 94 valence electrons. The van der Waals surface area contributed by atoms with E-state index in [2.05, 4.69) is 5.32 Å². The van der Waals surface area contributed by atoms with E-state index in [0.29, 0.717) is 19.4 Å². The summed E-state index contributed by atoms with van der Waals surface area (Å²) in [5.74, 6) is -2.77. The predicted octanol–water partition coefficient (Wildman–Crippen LogP) is 1.86. The Labute approximate surface area is 98.5 Å². The van der Waals surface area contributed by atoms with Crippen LogP contribution in [0.1, 0.15) is 29.6 Å². The standard InChI is InChI=1S/C12H15F2NO2/c13-10-6-4-5-9(11(10)14)12(17)15-7-2-1-3-8-16/h4-6,16H,1-3,7-8H2,(H,15,17). The van der Waals surface area contributed by atoms with E-state index >= 15 is 0 Å². The van der Waals surface area contributed by atoms with Crippen LogP contribution in [0.4, 0.5) is 8.78 Å². The summed E-state index contributed by atoms with van der Waals surface area (Å²) in [4.78, 5) is 11.5. The molecule has 0 bridgehead atoms. The van der Waals surface area contributed by atoms with Crippen LogP contribution in [0, 0.1) is 11.6 Å². The molecule has 5 heteroatoms. The maximum atomic E-state index is 13.2. The first-order valence-electron chi connectivity index (χ1n) is 5.50. The highest BCUT2D eigenvalue weighted by molar-refractivity contribution is 5.94. The van der Waals surface area contributed by atoms with E-state index in [-0.39, 0.29) is 12.2 Å². The Kier molecular flexibility index (Phi) is 5.56. The fraction of sp³-hybridized carbons (Fsp3) is 0.417. The van der Waals surface area contributed by atoms with Crippen LogP contribution in [0.15, 0.2) is 18.2 Å². The fourth-order valence-electron chi connectivity index (χ4n) is 1.39. The summed E-state index contributed by atoms with van der Waals surface area (Å²) in [5, 5.41) is 11.0. The van der Waals surface area contributed by atoms with Crippen LogP contribution in [0.25, 0.3) is 0 Å². The van der Waals surface area contributed by atoms with Crippen LogP contribution in [-0.4, -0.2) is 24.2 Å². The van der Waals surface area contributed by atoms with Gasteiger partial charge in [-0.1, -0.05) is 6.07 Å². The molecule has 0 atom stereocenters. The Bertz CT molecular complexity index is 383. The zero-order valence-corrected chi connectivity index (χ0v) is 9.38. The van der Waals surface area contributed by atoms with Gasteiger partial charge in [-0.3, -0.25) is 4.79 Å². The monoisotopic (exact) mass is 243 g/mol. The third-order valence-corrected chi connectivity index (χ3v) is 2.32. The van der Waals surface area contributed by atoms with Gasteiger partial charge in [-0.05, 0) is 31.4 Å². The zero-order chi connectivity index (χ0) is 12.7. The topological polar surface area (TPSA) is 49.3 Å². The highest BCUT2D eigenvalue weighted by Gasteiger charge is 2.13. The number of hydrogen-bond donors (Lipinski definition) is 2. The molecule has 3 nitrogen and oxygen atoms in total. The van der Waals surface area contributed by atoms with Crippen LogP contribution < -0.4 is 5.32 Å². The van der Waals surface area contributed by atoms with Crippen molar-refractivity contribution in [2.24, 2.45) is 0 Å². The van der Waals surface area contributed by atoms with Crippen LogP contribution in [0.2, 0.25) is 0 Å². The molecule has 0 heterocycles. The number of aliphatic hydroxyl groups excluding tert-OH is 1. The lowest BCUT2D eigenvalue weighted by Crippen LogP contribution is -2.25. The number of carbonyl (C=O) groups excluding carboxylic acids is 1. The molecule has 0 saturated carbocycles. The summed E-state index contributed by atoms with van der Waals surface area (Å²) in [6, 6.07) is 3.49. The second-order valence-electron chi connectivity index (χ2n) is 3.64. The molecule has 1 aromatic rings. The van der Waals surface area contributed by atoms with Gasteiger partial charge in [0.1, 0.15) is 0 Å². The Morgan fingerprint density at radius 3 is 2.71 bits per heavy atom. The average molecular weight is 243 g/mol. The minimum atomic E-state index is -1.12. The van der Waals surface area contributed by atoms with E-state index in [0.717, 1.165) is 12.5 Å². The molecule has 0 saturated heterocycles. The third kappa shape index (κ3) is 4.11. The first kappa shape index (κ1) is 13.6. The number of carbonyl (C=O) groups is 1. The predicted molar refractivity (Wildman–Crippen MR) is 59.6 cm³/mol. The first-order chi connectivity index (χ1) is 8.16. The largest absolute Gasteiger partial charge is 0.396 e. The quantitative estimate of drug-likeness (QED) is 0.749. The van der Waals surface area contributed by atoms with E-state index in [1.54, 1.807) is 0 Å². The van der Waals surface area contributed by atoms with Crippen molar-refractivity contribution in [2.75, 3.05) is 13.2 Å². The highest BCUT2D eigenvalue weighted by Crippen LogP contribution is 2.10. The zero-order valence-electron chi connectivity index (χ0n) is 9.38. The molecule has 0 spiro atoms. The Hall–Kier alpha value is -1.49. The van der Waals surface area contributed by atoms with Crippen LogP contribution >= 0.6 is 0 Å². The normalized spacial score (nSPS) is 10.3. The number of hydrogen-bond acceptors (Lipinski definition) is 2. The van der Waals surface area contributed by atoms with Gasteiger partial charge in [0.05, 0.1) is 5.56 Å². The molecule has 0 unspecified atom stereocenters. The molecular weight excluding hydrogens is 228 g/mol. The van der Waals surface area contributed by atoms with E-state index in [9.17, 15) is 13.6 Å². The molecule has 0 aliphatic heterocycles. The third-order valence-electron chi connectivity index (χ3n) is 2.32. The molecule has 0 fully saturated rings. The molecule has 17 heavy (non-hydrogen) atoms. The first-order valence-corrected chi connectivity index (χ1v) is 5.50. The van der Waals surface area contributed by atoms with Gasteiger partial charge >= 0.3 is 0 Å². The van der Waals surface area contributed by atoms with Crippen molar-refractivity contribution in [3.8, 4) is 0 Å². The minimum Gasteiger partial charge on any atom is -0.396 e. The molecule has 0 aromatic heterocycles. The van der Waals surface area contributed by atoms with Crippen LogP contribution in [0.5, 0.6) is 0 Å². The number of benzene rings is 1. The van der Waals surface area contributed by atoms with Gasteiger partial charge in [0, 0.05) is 13.2 Å². The Morgan fingerprint density at radius 1 is 1.24 bits per heavy atom. The molecule has 1 amide bonds. The van der Waals surface area contributed by atoms with Gasteiger partial charge in [-0.25, -0.2) is 8.78 Å². The number of rotatable bonds is 6. The number of nitrogens with one attached hydrogen (secondary N) is 1. The smallest absolute Gasteiger partial charge is 0.254 e. The number of halogens is 2. The van der Waals surface area contributed by atoms with Crippen molar-refractivity contribution in [1.29, 1.82) is 0 Å². The lowest BCUT2D eigenvalue weighted by atomic mass is 10.2. The Balaban J connectivity index is 2.44. The minimum absolute atomic E-state index is 0.118. The Morgan fingerprint density at radius 2 is 2.00 bits per heavy atom. The van der Waals surface area contributed by atoms with E-state index in [1.807, 2.05) is 0 Å². The molecular formula is C12H15F2NO2. The second-order valence-corrected chi connectivity index (χ2v) is 3.64. The van der Waals surface area contributed by atoms with Crippen molar-refractivity contribution in [3.05, 3.63) is 35.4 Å². The fourth-order valence-corrected chi connectivity index (χ4v) is 1.39. The summed E-state index contributed by atoms with van der Waals surface area (Å²) in [6.45, 7) is 0.501. The molecule has 0 aliphatic carbocycles. The van der Waals surface area contributed by atoms with Gasteiger partial charge in [-0.15, -0.1) is 0 Å². The maximum Gasteiger partial charge on any atom is 0.254 e. The molecule has 2 N–H and O–H groups in total. The molecule has 0 aliphatic rings. The number of unbranched alkanes of at least 4 members (excludes halogenated alkanes) is 2. The molecule has 1 aromatic carbocycles. The van der Waals surface area contributed by atoms with Crippen molar-refractivity contribution < 1.29 is 18.7 Å². The number of aliphatic hydroxyl groups is 1. The van der Waals surface area contributed by atoms with Crippen molar-refractivity contribution >= 4 is 5.91 Å². The lowest BCUT2D eigenvalue weighted by Gasteiger charge is -2.06. The maximum absolute atomic E-state index is 13.2. The second kappa shape index (κ2) is 6.96. The van der Waals surface area contributed by atoms with Crippen LogP contribution in [0.3, 0.4) is 0 Å². The van der Waals surface area contributed by atoms with Gasteiger partial charge in [0.15, 0.2) is 11.6 Å². The SMILES string of the molecule is O=C(NCCCCCO)c1cccc(F)c1F.